The van der Waals surface area contributed by atoms with E-state index in [1.54, 1.807) is 12.1 Å². The van der Waals surface area contributed by atoms with Crippen molar-refractivity contribution < 1.29 is 17.9 Å². The average molecular weight is 357 g/mol. The monoisotopic (exact) mass is 356 g/mol. The molecule has 0 spiro atoms. The molecule has 9 heteroatoms. The van der Waals surface area contributed by atoms with E-state index in [4.69, 9.17) is 22.2 Å². The molecule has 5 nitrogen and oxygen atoms in total. The number of halogens is 4. The third-order valence-corrected chi connectivity index (χ3v) is 3.03. The summed E-state index contributed by atoms with van der Waals surface area (Å²) in [5, 5.41) is 3.94. The summed E-state index contributed by atoms with van der Waals surface area (Å²) in [6.07, 6.45) is -0.283. The summed E-state index contributed by atoms with van der Waals surface area (Å²) in [7, 11) is 0. The number of nitrogens with zero attached hydrogens (tertiary/aromatic N) is 3. The van der Waals surface area contributed by atoms with Crippen molar-refractivity contribution in [3.8, 4) is 5.88 Å². The van der Waals surface area contributed by atoms with Crippen LogP contribution in [0.3, 0.4) is 0 Å². The molecule has 0 bridgehead atoms. The van der Waals surface area contributed by atoms with E-state index in [9.17, 15) is 13.2 Å². The van der Waals surface area contributed by atoms with Crippen LogP contribution in [0.2, 0.25) is 5.02 Å². The van der Waals surface area contributed by atoms with Crippen molar-refractivity contribution in [2.45, 2.75) is 6.43 Å². The SMILES string of the molecule is NN=C(C=Nc1ccc(F)c(C(F)F)c1)COc1ccc(Cl)cn1. The molecule has 0 aliphatic heterocycles. The molecule has 0 fully saturated rings. The molecule has 0 aliphatic rings. The number of benzene rings is 1. The Kier molecular flexibility index (Phi) is 6.14. The van der Waals surface area contributed by atoms with Gasteiger partial charge < -0.3 is 10.6 Å². The minimum atomic E-state index is -2.93. The third kappa shape index (κ3) is 4.95. The molecule has 0 atom stereocenters. The topological polar surface area (TPSA) is 72.9 Å². The van der Waals surface area contributed by atoms with Crippen LogP contribution in [0.5, 0.6) is 5.88 Å². The zero-order chi connectivity index (χ0) is 17.5. The summed E-state index contributed by atoms with van der Waals surface area (Å²) >= 11 is 5.70. The van der Waals surface area contributed by atoms with Crippen LogP contribution < -0.4 is 10.6 Å². The highest BCUT2D eigenvalue weighted by atomic mass is 35.5. The molecular weight excluding hydrogens is 345 g/mol. The Morgan fingerprint density at radius 2 is 2.12 bits per heavy atom. The van der Waals surface area contributed by atoms with Gasteiger partial charge in [0.2, 0.25) is 5.88 Å². The van der Waals surface area contributed by atoms with Crippen LogP contribution in [0.15, 0.2) is 46.6 Å². The number of alkyl halides is 2. The number of rotatable bonds is 6. The second-order valence-corrected chi connectivity index (χ2v) is 4.92. The fourth-order valence-corrected chi connectivity index (χ4v) is 1.74. The van der Waals surface area contributed by atoms with E-state index in [1.807, 2.05) is 0 Å². The van der Waals surface area contributed by atoms with Gasteiger partial charge in [0.1, 0.15) is 18.1 Å². The van der Waals surface area contributed by atoms with Gasteiger partial charge in [0, 0.05) is 12.3 Å². The van der Waals surface area contributed by atoms with Crippen molar-refractivity contribution in [3.05, 3.63) is 52.9 Å². The third-order valence-electron chi connectivity index (χ3n) is 2.81. The van der Waals surface area contributed by atoms with Crippen LogP contribution in [-0.2, 0) is 0 Å². The summed E-state index contributed by atoms with van der Waals surface area (Å²) in [5.41, 5.74) is -0.357. The van der Waals surface area contributed by atoms with E-state index in [-0.39, 0.29) is 18.0 Å². The number of aliphatic imine (C=N–C) groups is 1. The predicted octanol–water partition coefficient (Wildman–Crippen LogP) is 3.91. The Labute approximate surface area is 140 Å². The van der Waals surface area contributed by atoms with Crippen LogP contribution >= 0.6 is 11.6 Å². The van der Waals surface area contributed by atoms with Gasteiger partial charge in [-0.2, -0.15) is 5.10 Å². The summed E-state index contributed by atoms with van der Waals surface area (Å²) in [6.45, 7) is -0.0441. The van der Waals surface area contributed by atoms with Gasteiger partial charge >= 0.3 is 0 Å². The molecule has 1 aromatic carbocycles. The van der Waals surface area contributed by atoms with Gasteiger partial charge in [0.05, 0.1) is 22.5 Å². The van der Waals surface area contributed by atoms with Gasteiger partial charge in [-0.15, -0.1) is 0 Å². The van der Waals surface area contributed by atoms with E-state index in [1.165, 1.54) is 18.5 Å². The zero-order valence-electron chi connectivity index (χ0n) is 12.2. The lowest BCUT2D eigenvalue weighted by Gasteiger charge is -2.05. The predicted molar refractivity (Wildman–Crippen MR) is 85.9 cm³/mol. The minimum absolute atomic E-state index is 0.0441. The Bertz CT molecular complexity index is 751. The van der Waals surface area contributed by atoms with E-state index >= 15 is 0 Å². The van der Waals surface area contributed by atoms with Crippen LogP contribution in [0.4, 0.5) is 18.9 Å². The summed E-state index contributed by atoms with van der Waals surface area (Å²) in [6, 6.07) is 6.28. The average Bonchev–Trinajstić information content (AvgIpc) is 2.57. The first-order chi connectivity index (χ1) is 11.5. The van der Waals surface area contributed by atoms with Crippen molar-refractivity contribution in [1.82, 2.24) is 4.98 Å². The van der Waals surface area contributed by atoms with Crippen LogP contribution in [0.1, 0.15) is 12.0 Å². The summed E-state index contributed by atoms with van der Waals surface area (Å²) in [5.74, 6) is 4.53. The van der Waals surface area contributed by atoms with Crippen molar-refractivity contribution >= 4 is 29.2 Å². The fourth-order valence-electron chi connectivity index (χ4n) is 1.63. The molecule has 0 aliphatic carbocycles. The number of hydrazone groups is 1. The van der Waals surface area contributed by atoms with Gasteiger partial charge in [-0.25, -0.2) is 18.2 Å². The van der Waals surface area contributed by atoms with Crippen LogP contribution in [0.25, 0.3) is 0 Å². The molecule has 126 valence electrons. The molecule has 2 rings (SSSR count). The number of ether oxygens (including phenoxy) is 1. The van der Waals surface area contributed by atoms with Gasteiger partial charge in [-0.05, 0) is 24.3 Å². The number of hydrogen-bond donors (Lipinski definition) is 1. The van der Waals surface area contributed by atoms with Crippen LogP contribution in [0, 0.1) is 5.82 Å². The quantitative estimate of drug-likeness (QED) is 0.484. The van der Waals surface area contributed by atoms with E-state index in [0.29, 0.717) is 10.9 Å². The molecule has 2 aromatic rings. The lowest BCUT2D eigenvalue weighted by atomic mass is 10.2. The zero-order valence-corrected chi connectivity index (χ0v) is 12.9. The highest BCUT2D eigenvalue weighted by molar-refractivity contribution is 6.31. The van der Waals surface area contributed by atoms with E-state index < -0.39 is 17.8 Å². The second-order valence-electron chi connectivity index (χ2n) is 4.49. The van der Waals surface area contributed by atoms with Gasteiger partial charge in [-0.1, -0.05) is 11.6 Å². The Morgan fingerprint density at radius 1 is 1.33 bits per heavy atom. The smallest absolute Gasteiger partial charge is 0.266 e. The maximum absolute atomic E-state index is 13.2. The molecule has 0 radical (unpaired) electrons. The largest absolute Gasteiger partial charge is 0.471 e. The fraction of sp³-hybridized carbons (Fsp3) is 0.133. The number of hydrogen-bond acceptors (Lipinski definition) is 5. The highest BCUT2D eigenvalue weighted by Gasteiger charge is 2.13. The first-order valence-corrected chi connectivity index (χ1v) is 7.00. The normalized spacial score (nSPS) is 12.1. The molecule has 1 heterocycles. The molecule has 0 unspecified atom stereocenters. The van der Waals surface area contributed by atoms with Crippen molar-refractivity contribution in [2.75, 3.05) is 6.61 Å². The first kappa shape index (κ1) is 17.7. The lowest BCUT2D eigenvalue weighted by Crippen LogP contribution is -2.15. The number of nitrogens with two attached hydrogens (primary N) is 1. The maximum Gasteiger partial charge on any atom is 0.266 e. The first-order valence-electron chi connectivity index (χ1n) is 6.62. The summed E-state index contributed by atoms with van der Waals surface area (Å²) < 4.78 is 43.8. The van der Waals surface area contributed by atoms with Gasteiger partial charge in [0.15, 0.2) is 0 Å². The number of aromatic nitrogens is 1. The molecule has 24 heavy (non-hydrogen) atoms. The molecular formula is C15H12ClF3N4O. The van der Waals surface area contributed by atoms with Crippen molar-refractivity contribution in [2.24, 2.45) is 15.9 Å². The summed E-state index contributed by atoms with van der Waals surface area (Å²) in [4.78, 5) is 7.85. The molecule has 0 saturated carbocycles. The minimum Gasteiger partial charge on any atom is -0.471 e. The number of pyridine rings is 1. The molecule has 2 N–H and O–H groups in total. The molecule has 0 amide bonds. The van der Waals surface area contributed by atoms with Crippen molar-refractivity contribution in [3.63, 3.8) is 0 Å². The Hall–Kier alpha value is -2.61. The van der Waals surface area contributed by atoms with Gasteiger partial charge in [-0.3, -0.25) is 4.99 Å². The Balaban J connectivity index is 2.03. The Morgan fingerprint density at radius 3 is 2.75 bits per heavy atom. The van der Waals surface area contributed by atoms with Crippen LogP contribution in [-0.4, -0.2) is 23.5 Å². The van der Waals surface area contributed by atoms with Gasteiger partial charge in [0.25, 0.3) is 6.43 Å². The molecule has 0 saturated heterocycles. The van der Waals surface area contributed by atoms with E-state index in [2.05, 4.69) is 15.1 Å². The van der Waals surface area contributed by atoms with E-state index in [0.717, 1.165) is 12.1 Å². The second kappa shape index (κ2) is 8.30. The lowest BCUT2D eigenvalue weighted by molar-refractivity contribution is 0.146. The maximum atomic E-state index is 13.2. The molecule has 1 aromatic heterocycles. The standard InChI is InChI=1S/C15H12ClF3N4O/c16-9-1-4-14(22-6-9)24-8-11(23-20)7-21-10-2-3-13(17)12(5-10)15(18)19/h1-7,15H,8,20H2. The van der Waals surface area contributed by atoms with Crippen molar-refractivity contribution in [1.29, 1.82) is 0 Å². The highest BCUT2D eigenvalue weighted by Crippen LogP contribution is 2.26.